The van der Waals surface area contributed by atoms with Crippen molar-refractivity contribution in [3.05, 3.63) is 0 Å². The van der Waals surface area contributed by atoms with Crippen LogP contribution in [0.15, 0.2) is 0 Å². The summed E-state index contributed by atoms with van der Waals surface area (Å²) in [6.45, 7) is 7.15. The Morgan fingerprint density at radius 3 is 2.59 bits per heavy atom. The highest BCUT2D eigenvalue weighted by Gasteiger charge is 2.36. The summed E-state index contributed by atoms with van der Waals surface area (Å²) in [5.74, 6) is 1.50. The highest BCUT2D eigenvalue weighted by molar-refractivity contribution is 8.00. The number of thioether (sulfide) groups is 1. The Balaban J connectivity index is 1.84. The van der Waals surface area contributed by atoms with Gasteiger partial charge in [-0.2, -0.15) is 11.8 Å². The van der Waals surface area contributed by atoms with E-state index in [0.29, 0.717) is 0 Å². The summed E-state index contributed by atoms with van der Waals surface area (Å²) in [5, 5.41) is 6.50. The van der Waals surface area contributed by atoms with Crippen LogP contribution in [0, 0.1) is 5.41 Å². The predicted molar refractivity (Wildman–Crippen MR) is 73.3 cm³/mol. The Kier molecular flexibility index (Phi) is 4.03. The maximum atomic E-state index is 12.3. The summed E-state index contributed by atoms with van der Waals surface area (Å²) in [6, 6.07) is 0. The third-order valence-corrected chi connectivity index (χ3v) is 5.72. The van der Waals surface area contributed by atoms with Crippen LogP contribution in [-0.2, 0) is 4.79 Å². The molecule has 0 aromatic heterocycles. The number of nitrogens with one attached hydrogen (secondary N) is 2. The number of carbonyl (C=O) groups excluding carboxylic acids is 1. The molecule has 0 aliphatic carbocycles. The zero-order chi connectivity index (χ0) is 12.4. The van der Waals surface area contributed by atoms with E-state index in [4.69, 9.17) is 0 Å². The second kappa shape index (κ2) is 5.19. The van der Waals surface area contributed by atoms with Crippen LogP contribution in [0.3, 0.4) is 0 Å². The molecule has 2 saturated heterocycles. The monoisotopic (exact) mass is 256 g/mol. The van der Waals surface area contributed by atoms with Crippen molar-refractivity contribution in [2.75, 3.05) is 25.4 Å². The molecule has 4 heteroatoms. The van der Waals surface area contributed by atoms with E-state index in [1.54, 1.807) is 0 Å². The summed E-state index contributed by atoms with van der Waals surface area (Å²) < 4.78 is 0.277. The van der Waals surface area contributed by atoms with Crippen LogP contribution in [0.5, 0.6) is 0 Å². The van der Waals surface area contributed by atoms with Crippen LogP contribution >= 0.6 is 11.8 Å². The van der Waals surface area contributed by atoms with Crippen LogP contribution in [0.4, 0.5) is 0 Å². The Bertz CT molecular complexity index is 281. The van der Waals surface area contributed by atoms with E-state index in [-0.39, 0.29) is 16.1 Å². The first-order valence-electron chi connectivity index (χ1n) is 6.67. The first-order valence-corrected chi connectivity index (χ1v) is 7.66. The van der Waals surface area contributed by atoms with Crippen molar-refractivity contribution < 1.29 is 4.79 Å². The molecule has 0 radical (unpaired) electrons. The molecule has 1 atom stereocenters. The van der Waals surface area contributed by atoms with Gasteiger partial charge in [0.25, 0.3) is 0 Å². The van der Waals surface area contributed by atoms with E-state index in [1.165, 1.54) is 18.6 Å². The van der Waals surface area contributed by atoms with Crippen molar-refractivity contribution in [3.63, 3.8) is 0 Å². The summed E-state index contributed by atoms with van der Waals surface area (Å²) in [5.41, 5.74) is -0.148. The lowest BCUT2D eigenvalue weighted by molar-refractivity contribution is -0.131. The maximum Gasteiger partial charge on any atom is 0.226 e. The van der Waals surface area contributed by atoms with Crippen molar-refractivity contribution in [2.45, 2.75) is 44.3 Å². The summed E-state index contributed by atoms with van der Waals surface area (Å²) in [7, 11) is 0. The van der Waals surface area contributed by atoms with Crippen molar-refractivity contribution in [3.8, 4) is 0 Å². The Hall–Kier alpha value is -0.220. The lowest BCUT2D eigenvalue weighted by atomic mass is 9.80. The molecule has 2 aliphatic heterocycles. The molecule has 0 saturated carbocycles. The summed E-state index contributed by atoms with van der Waals surface area (Å²) in [6.07, 6.45) is 4.44. The van der Waals surface area contributed by atoms with E-state index in [0.717, 1.165) is 32.5 Å². The fraction of sp³-hybridized carbons (Fsp3) is 0.923. The zero-order valence-corrected chi connectivity index (χ0v) is 11.8. The number of rotatable bonds is 3. The van der Waals surface area contributed by atoms with Crippen molar-refractivity contribution in [2.24, 2.45) is 5.41 Å². The Labute approximate surface area is 108 Å². The van der Waals surface area contributed by atoms with Gasteiger partial charge in [-0.25, -0.2) is 0 Å². The molecule has 0 spiro atoms. The number of hydrogen-bond acceptors (Lipinski definition) is 3. The van der Waals surface area contributed by atoms with Crippen LogP contribution in [0.25, 0.3) is 0 Å². The first-order chi connectivity index (χ1) is 8.04. The lowest BCUT2D eigenvalue weighted by Gasteiger charge is -2.34. The largest absolute Gasteiger partial charge is 0.354 e. The second-order valence-electron chi connectivity index (χ2n) is 5.90. The average molecular weight is 256 g/mol. The molecular weight excluding hydrogens is 232 g/mol. The molecule has 0 bridgehead atoms. The van der Waals surface area contributed by atoms with Crippen molar-refractivity contribution in [1.82, 2.24) is 10.6 Å². The smallest absolute Gasteiger partial charge is 0.226 e. The third-order valence-electron chi connectivity index (χ3n) is 4.18. The molecule has 2 fully saturated rings. The average Bonchev–Trinajstić information content (AvgIpc) is 2.75. The molecule has 2 heterocycles. The van der Waals surface area contributed by atoms with Gasteiger partial charge in [0.05, 0.1) is 0 Å². The number of piperidine rings is 1. The van der Waals surface area contributed by atoms with Crippen LogP contribution in [0.1, 0.15) is 39.5 Å². The van der Waals surface area contributed by atoms with Gasteiger partial charge in [0.15, 0.2) is 0 Å². The molecule has 0 aromatic rings. The normalized spacial score (nSPS) is 32.4. The molecule has 1 unspecified atom stereocenters. The predicted octanol–water partition coefficient (Wildman–Crippen LogP) is 1.78. The SMILES string of the molecule is CC1(CNC(=O)C2(C)CCNCC2)CCCS1. The van der Waals surface area contributed by atoms with Gasteiger partial charge >= 0.3 is 0 Å². The lowest BCUT2D eigenvalue weighted by Crippen LogP contribution is -2.48. The third kappa shape index (κ3) is 3.16. The molecule has 17 heavy (non-hydrogen) atoms. The van der Waals surface area contributed by atoms with Gasteiger partial charge in [0.1, 0.15) is 0 Å². The fourth-order valence-electron chi connectivity index (χ4n) is 2.66. The second-order valence-corrected chi connectivity index (χ2v) is 7.58. The van der Waals surface area contributed by atoms with E-state index >= 15 is 0 Å². The number of hydrogen-bond donors (Lipinski definition) is 2. The maximum absolute atomic E-state index is 12.3. The van der Waals surface area contributed by atoms with Gasteiger partial charge in [-0.15, -0.1) is 0 Å². The van der Waals surface area contributed by atoms with Crippen molar-refractivity contribution in [1.29, 1.82) is 0 Å². The minimum Gasteiger partial charge on any atom is -0.354 e. The molecule has 2 N–H and O–H groups in total. The highest BCUT2D eigenvalue weighted by Crippen LogP contribution is 2.37. The highest BCUT2D eigenvalue weighted by atomic mass is 32.2. The zero-order valence-electron chi connectivity index (χ0n) is 11.0. The minimum absolute atomic E-state index is 0.148. The Morgan fingerprint density at radius 2 is 2.00 bits per heavy atom. The molecule has 2 aliphatic rings. The standard InChI is InChI=1S/C13H24N2OS/c1-12(5-7-14-8-6-12)11(16)15-10-13(2)4-3-9-17-13/h14H,3-10H2,1-2H3,(H,15,16). The van der Waals surface area contributed by atoms with Gasteiger partial charge in [0.2, 0.25) is 5.91 Å². The molecular formula is C13H24N2OS. The topological polar surface area (TPSA) is 41.1 Å². The minimum atomic E-state index is -0.148. The first kappa shape index (κ1) is 13.2. The van der Waals surface area contributed by atoms with Crippen LogP contribution < -0.4 is 10.6 Å². The van der Waals surface area contributed by atoms with E-state index in [9.17, 15) is 4.79 Å². The molecule has 98 valence electrons. The number of carbonyl (C=O) groups is 1. The van der Waals surface area contributed by atoms with E-state index < -0.39 is 0 Å². The van der Waals surface area contributed by atoms with Gasteiger partial charge in [-0.05, 0) is 51.4 Å². The molecule has 3 nitrogen and oxygen atoms in total. The molecule has 1 amide bonds. The fourth-order valence-corrected chi connectivity index (χ4v) is 3.91. The van der Waals surface area contributed by atoms with Gasteiger partial charge < -0.3 is 10.6 Å². The van der Waals surface area contributed by atoms with Crippen LogP contribution in [-0.4, -0.2) is 36.0 Å². The van der Waals surface area contributed by atoms with Crippen molar-refractivity contribution >= 4 is 17.7 Å². The molecule has 0 aromatic carbocycles. The summed E-state index contributed by atoms with van der Waals surface area (Å²) in [4.78, 5) is 12.3. The number of amides is 1. The van der Waals surface area contributed by atoms with Gasteiger partial charge in [-0.1, -0.05) is 6.92 Å². The molecule has 2 rings (SSSR count). The van der Waals surface area contributed by atoms with Crippen LogP contribution in [0.2, 0.25) is 0 Å². The van der Waals surface area contributed by atoms with Gasteiger partial charge in [-0.3, -0.25) is 4.79 Å². The van der Waals surface area contributed by atoms with Gasteiger partial charge in [0, 0.05) is 16.7 Å². The van der Waals surface area contributed by atoms with E-state index in [1.807, 2.05) is 11.8 Å². The van der Waals surface area contributed by atoms with E-state index in [2.05, 4.69) is 24.5 Å². The Morgan fingerprint density at radius 1 is 1.29 bits per heavy atom. The summed E-state index contributed by atoms with van der Waals surface area (Å²) >= 11 is 2.01. The quantitative estimate of drug-likeness (QED) is 0.809.